The van der Waals surface area contributed by atoms with Gasteiger partial charge in [0.15, 0.2) is 0 Å². The van der Waals surface area contributed by atoms with Crippen molar-refractivity contribution in [2.24, 2.45) is 5.92 Å². The maximum atomic E-state index is 4.42. The summed E-state index contributed by atoms with van der Waals surface area (Å²) in [5.74, 6) is 1.94. The van der Waals surface area contributed by atoms with E-state index in [0.717, 1.165) is 26.1 Å². The molecule has 0 aromatic carbocycles. The lowest BCUT2D eigenvalue weighted by molar-refractivity contribution is 0.229. The number of imidazole rings is 1. The van der Waals surface area contributed by atoms with Crippen molar-refractivity contribution >= 4 is 5.52 Å². The molecule has 0 spiro atoms. The summed E-state index contributed by atoms with van der Waals surface area (Å²) in [6, 6.07) is 6.22. The van der Waals surface area contributed by atoms with Gasteiger partial charge in [-0.2, -0.15) is 5.10 Å². The molecule has 0 N–H and O–H groups in total. The van der Waals surface area contributed by atoms with Crippen LogP contribution < -0.4 is 0 Å². The van der Waals surface area contributed by atoms with E-state index in [2.05, 4.69) is 44.9 Å². The van der Waals surface area contributed by atoms with E-state index in [1.165, 1.54) is 23.3 Å². The molecule has 5 heteroatoms. The molecule has 0 fully saturated rings. The van der Waals surface area contributed by atoms with E-state index in [4.69, 9.17) is 0 Å². The highest BCUT2D eigenvalue weighted by Crippen LogP contribution is 2.20. The van der Waals surface area contributed by atoms with E-state index in [1.807, 2.05) is 29.2 Å². The Labute approximate surface area is 130 Å². The number of nitrogens with zero attached hydrogens (tertiary/aromatic N) is 5. The molecule has 22 heavy (non-hydrogen) atoms. The minimum Gasteiger partial charge on any atom is -0.335 e. The van der Waals surface area contributed by atoms with Gasteiger partial charge in [0.2, 0.25) is 0 Å². The summed E-state index contributed by atoms with van der Waals surface area (Å²) in [7, 11) is 2.20. The van der Waals surface area contributed by atoms with Gasteiger partial charge in [-0.1, -0.05) is 6.07 Å². The first-order valence-electron chi connectivity index (χ1n) is 7.89. The fourth-order valence-electron chi connectivity index (χ4n) is 3.49. The summed E-state index contributed by atoms with van der Waals surface area (Å²) in [5.41, 5.74) is 2.50. The zero-order valence-corrected chi connectivity index (χ0v) is 12.9. The number of fused-ring (bicyclic) bond motifs is 2. The molecule has 4 rings (SSSR count). The van der Waals surface area contributed by atoms with Gasteiger partial charge in [0.1, 0.15) is 5.82 Å². The molecule has 0 saturated heterocycles. The van der Waals surface area contributed by atoms with Crippen molar-refractivity contribution in [1.29, 1.82) is 0 Å². The second kappa shape index (κ2) is 5.57. The predicted molar refractivity (Wildman–Crippen MR) is 85.6 cm³/mol. The third-order valence-corrected chi connectivity index (χ3v) is 4.55. The summed E-state index contributed by atoms with van der Waals surface area (Å²) < 4.78 is 4.25. The molecule has 1 aliphatic heterocycles. The highest BCUT2D eigenvalue weighted by atomic mass is 15.2. The van der Waals surface area contributed by atoms with Crippen molar-refractivity contribution in [3.05, 3.63) is 54.4 Å². The number of hydrogen-bond acceptors (Lipinski definition) is 3. The van der Waals surface area contributed by atoms with Crippen molar-refractivity contribution in [2.45, 2.75) is 25.9 Å². The SMILES string of the molecule is CN(Cc1cnn2ccccc12)C[C@@H]1CCc2nccn2C1. The van der Waals surface area contributed by atoms with Crippen LogP contribution in [0.2, 0.25) is 0 Å². The van der Waals surface area contributed by atoms with Crippen molar-refractivity contribution in [1.82, 2.24) is 24.1 Å². The lowest BCUT2D eigenvalue weighted by atomic mass is 9.99. The van der Waals surface area contributed by atoms with E-state index < -0.39 is 0 Å². The molecule has 0 bridgehead atoms. The summed E-state index contributed by atoms with van der Waals surface area (Å²) >= 11 is 0. The Morgan fingerprint density at radius 2 is 2.27 bits per heavy atom. The van der Waals surface area contributed by atoms with E-state index >= 15 is 0 Å². The zero-order valence-electron chi connectivity index (χ0n) is 12.9. The standard InChI is InChI=1S/C17H21N5/c1-20(11-14-5-6-17-18-7-9-21(17)12-14)13-15-10-19-22-8-3-2-4-16(15)22/h2-4,7-10,14H,5-6,11-13H2,1H3/t14-/m0/s1. The number of pyridine rings is 1. The van der Waals surface area contributed by atoms with Gasteiger partial charge >= 0.3 is 0 Å². The second-order valence-corrected chi connectivity index (χ2v) is 6.30. The molecule has 3 aromatic rings. The topological polar surface area (TPSA) is 38.4 Å². The number of aromatic nitrogens is 4. The molecule has 1 atom stereocenters. The molecular weight excluding hydrogens is 274 g/mol. The minimum atomic E-state index is 0.702. The second-order valence-electron chi connectivity index (χ2n) is 6.30. The molecule has 0 amide bonds. The van der Waals surface area contributed by atoms with E-state index in [-0.39, 0.29) is 0 Å². The summed E-state index contributed by atoms with van der Waals surface area (Å²) in [4.78, 5) is 6.82. The molecular formula is C17H21N5. The average molecular weight is 295 g/mol. The van der Waals surface area contributed by atoms with Crippen LogP contribution >= 0.6 is 0 Å². The quantitative estimate of drug-likeness (QED) is 0.741. The smallest absolute Gasteiger partial charge is 0.108 e. The largest absolute Gasteiger partial charge is 0.335 e. The highest BCUT2D eigenvalue weighted by Gasteiger charge is 2.20. The van der Waals surface area contributed by atoms with Crippen LogP contribution in [0.5, 0.6) is 0 Å². The van der Waals surface area contributed by atoms with Gasteiger partial charge in [-0.3, -0.25) is 0 Å². The molecule has 4 heterocycles. The monoisotopic (exact) mass is 295 g/mol. The Morgan fingerprint density at radius 3 is 3.23 bits per heavy atom. The van der Waals surface area contributed by atoms with Crippen LogP contribution in [0.3, 0.4) is 0 Å². The maximum absolute atomic E-state index is 4.42. The van der Waals surface area contributed by atoms with E-state index in [1.54, 1.807) is 0 Å². The Kier molecular flexibility index (Phi) is 3.42. The van der Waals surface area contributed by atoms with E-state index in [0.29, 0.717) is 5.92 Å². The van der Waals surface area contributed by atoms with Crippen molar-refractivity contribution in [2.75, 3.05) is 13.6 Å². The third-order valence-electron chi connectivity index (χ3n) is 4.55. The summed E-state index contributed by atoms with van der Waals surface area (Å²) in [6.07, 6.45) is 10.3. The fraction of sp³-hybridized carbons (Fsp3) is 0.412. The molecule has 0 saturated carbocycles. The molecule has 114 valence electrons. The molecule has 5 nitrogen and oxygen atoms in total. The van der Waals surface area contributed by atoms with Crippen LogP contribution in [0.15, 0.2) is 43.0 Å². The predicted octanol–water partition coefficient (Wildman–Crippen LogP) is 2.23. The Morgan fingerprint density at radius 1 is 1.32 bits per heavy atom. The fourth-order valence-corrected chi connectivity index (χ4v) is 3.49. The van der Waals surface area contributed by atoms with Crippen LogP contribution in [0.25, 0.3) is 5.52 Å². The van der Waals surface area contributed by atoms with Crippen LogP contribution in [0.4, 0.5) is 0 Å². The normalized spacial score (nSPS) is 18.0. The third kappa shape index (κ3) is 2.52. The van der Waals surface area contributed by atoms with E-state index in [9.17, 15) is 0 Å². The first-order valence-corrected chi connectivity index (χ1v) is 7.89. The van der Waals surface area contributed by atoms with Gasteiger partial charge in [-0.15, -0.1) is 0 Å². The van der Waals surface area contributed by atoms with Gasteiger partial charge in [0, 0.05) is 50.2 Å². The maximum Gasteiger partial charge on any atom is 0.108 e. The van der Waals surface area contributed by atoms with Crippen molar-refractivity contribution in [3.8, 4) is 0 Å². The van der Waals surface area contributed by atoms with Crippen LogP contribution in [0.1, 0.15) is 17.8 Å². The number of aryl methyl sites for hydroxylation is 1. The van der Waals surface area contributed by atoms with Gasteiger partial charge < -0.3 is 9.47 Å². The minimum absolute atomic E-state index is 0.702. The number of hydrogen-bond donors (Lipinski definition) is 0. The lowest BCUT2D eigenvalue weighted by Crippen LogP contribution is -2.31. The van der Waals surface area contributed by atoms with Crippen molar-refractivity contribution in [3.63, 3.8) is 0 Å². The number of rotatable bonds is 4. The molecule has 0 unspecified atom stereocenters. The molecule has 0 radical (unpaired) electrons. The Balaban J connectivity index is 1.42. The molecule has 3 aromatic heterocycles. The van der Waals surface area contributed by atoms with Gasteiger partial charge in [-0.25, -0.2) is 9.50 Å². The molecule has 1 aliphatic rings. The average Bonchev–Trinajstić information content (AvgIpc) is 3.14. The first-order chi connectivity index (χ1) is 10.8. The zero-order chi connectivity index (χ0) is 14.9. The first kappa shape index (κ1) is 13.5. The summed E-state index contributed by atoms with van der Waals surface area (Å²) in [5, 5.41) is 4.42. The van der Waals surface area contributed by atoms with Gasteiger partial charge in [0.25, 0.3) is 0 Å². The Hall–Kier alpha value is -2.14. The lowest BCUT2D eigenvalue weighted by Gasteiger charge is -2.28. The van der Waals surface area contributed by atoms with Gasteiger partial charge in [0.05, 0.1) is 11.7 Å². The highest BCUT2D eigenvalue weighted by molar-refractivity contribution is 5.53. The van der Waals surface area contributed by atoms with Crippen LogP contribution in [0, 0.1) is 5.92 Å². The van der Waals surface area contributed by atoms with Crippen molar-refractivity contribution < 1.29 is 0 Å². The van der Waals surface area contributed by atoms with Crippen LogP contribution in [-0.4, -0.2) is 37.7 Å². The summed E-state index contributed by atoms with van der Waals surface area (Å²) in [6.45, 7) is 3.15. The van der Waals surface area contributed by atoms with Gasteiger partial charge in [-0.05, 0) is 31.5 Å². The molecule has 0 aliphatic carbocycles. The Bertz CT molecular complexity index is 772. The van der Waals surface area contributed by atoms with Crippen LogP contribution in [-0.2, 0) is 19.5 Å².